The Balaban J connectivity index is 2.91. The van der Waals surface area contributed by atoms with Crippen molar-refractivity contribution in [1.82, 2.24) is 9.71 Å². The van der Waals surface area contributed by atoms with Gasteiger partial charge in [0.05, 0.1) is 0 Å². The SMILES string of the molecule is C[C@H](NS(=O)(=O)c1cccnc1)C(=O)O. The molecule has 0 saturated carbocycles. The molecule has 1 aromatic heterocycles. The minimum Gasteiger partial charge on any atom is -0.480 e. The van der Waals surface area contributed by atoms with Gasteiger partial charge in [-0.1, -0.05) is 0 Å². The second-order valence-corrected chi connectivity index (χ2v) is 4.58. The van der Waals surface area contributed by atoms with E-state index >= 15 is 0 Å². The Bertz CT molecular complexity index is 443. The number of hydrogen-bond donors (Lipinski definition) is 2. The van der Waals surface area contributed by atoms with E-state index in [1.165, 1.54) is 25.3 Å². The number of carbonyl (C=O) groups is 1. The second-order valence-electron chi connectivity index (χ2n) is 2.87. The van der Waals surface area contributed by atoms with Gasteiger partial charge in [0.15, 0.2) is 0 Å². The van der Waals surface area contributed by atoms with Gasteiger partial charge in [0.1, 0.15) is 10.9 Å². The number of carboxylic acids is 1. The summed E-state index contributed by atoms with van der Waals surface area (Å²) < 4.78 is 25.1. The molecule has 0 bridgehead atoms. The molecule has 0 radical (unpaired) electrons. The normalized spacial score (nSPS) is 13.4. The van der Waals surface area contributed by atoms with Crippen molar-refractivity contribution >= 4 is 16.0 Å². The summed E-state index contributed by atoms with van der Waals surface area (Å²) in [5.74, 6) is -1.23. The van der Waals surface area contributed by atoms with Crippen LogP contribution in [0.4, 0.5) is 0 Å². The molecule has 0 unspecified atom stereocenters. The van der Waals surface area contributed by atoms with Gasteiger partial charge in [-0.2, -0.15) is 4.72 Å². The number of hydrogen-bond acceptors (Lipinski definition) is 4. The summed E-state index contributed by atoms with van der Waals surface area (Å²) in [7, 11) is -3.80. The standard InChI is InChI=1S/C8H10N2O4S/c1-6(8(11)12)10-15(13,14)7-3-2-4-9-5-7/h2-6,10H,1H3,(H,11,12)/t6-/m0/s1. The van der Waals surface area contributed by atoms with Crippen molar-refractivity contribution in [1.29, 1.82) is 0 Å². The quantitative estimate of drug-likeness (QED) is 0.748. The van der Waals surface area contributed by atoms with E-state index in [-0.39, 0.29) is 4.90 Å². The lowest BCUT2D eigenvalue weighted by Crippen LogP contribution is -2.38. The van der Waals surface area contributed by atoms with Crippen molar-refractivity contribution in [3.8, 4) is 0 Å². The number of sulfonamides is 1. The van der Waals surface area contributed by atoms with E-state index in [1.807, 2.05) is 4.72 Å². The number of aliphatic carboxylic acids is 1. The van der Waals surface area contributed by atoms with Crippen LogP contribution in [0.3, 0.4) is 0 Å². The van der Waals surface area contributed by atoms with Gasteiger partial charge in [-0.25, -0.2) is 8.42 Å². The minimum absolute atomic E-state index is 0.0573. The number of pyridine rings is 1. The highest BCUT2D eigenvalue weighted by Gasteiger charge is 2.21. The van der Waals surface area contributed by atoms with Crippen LogP contribution >= 0.6 is 0 Å². The zero-order valence-corrected chi connectivity index (χ0v) is 8.73. The Kier molecular flexibility index (Phi) is 3.38. The lowest BCUT2D eigenvalue weighted by molar-refractivity contribution is -0.138. The molecule has 2 N–H and O–H groups in total. The van der Waals surface area contributed by atoms with E-state index in [0.29, 0.717) is 0 Å². The molecule has 0 amide bonds. The van der Waals surface area contributed by atoms with Crippen LogP contribution in [-0.4, -0.2) is 30.5 Å². The van der Waals surface area contributed by atoms with Crippen molar-refractivity contribution in [3.05, 3.63) is 24.5 Å². The molecule has 7 heteroatoms. The monoisotopic (exact) mass is 230 g/mol. The first-order valence-electron chi connectivity index (χ1n) is 4.08. The molecule has 82 valence electrons. The third-order valence-electron chi connectivity index (χ3n) is 1.65. The fourth-order valence-electron chi connectivity index (χ4n) is 0.857. The minimum atomic E-state index is -3.80. The Morgan fingerprint density at radius 2 is 2.27 bits per heavy atom. The van der Waals surface area contributed by atoms with Crippen LogP contribution in [0.5, 0.6) is 0 Å². The predicted molar refractivity (Wildman–Crippen MR) is 51.7 cm³/mol. The maximum Gasteiger partial charge on any atom is 0.321 e. The second kappa shape index (κ2) is 4.37. The van der Waals surface area contributed by atoms with Crippen molar-refractivity contribution in [3.63, 3.8) is 0 Å². The summed E-state index contributed by atoms with van der Waals surface area (Å²) in [6.07, 6.45) is 2.58. The number of carboxylic acid groups (broad SMARTS) is 1. The van der Waals surface area contributed by atoms with Crippen LogP contribution in [0.25, 0.3) is 0 Å². The third kappa shape index (κ3) is 3.00. The van der Waals surface area contributed by atoms with E-state index < -0.39 is 22.0 Å². The highest BCUT2D eigenvalue weighted by Crippen LogP contribution is 2.06. The van der Waals surface area contributed by atoms with Crippen LogP contribution in [0, 0.1) is 0 Å². The number of nitrogens with one attached hydrogen (secondary N) is 1. The van der Waals surface area contributed by atoms with Crippen molar-refractivity contribution in [2.75, 3.05) is 0 Å². The average molecular weight is 230 g/mol. The Hall–Kier alpha value is -1.47. The fourth-order valence-corrected chi connectivity index (χ4v) is 2.02. The largest absolute Gasteiger partial charge is 0.480 e. The molecule has 1 aromatic rings. The van der Waals surface area contributed by atoms with Crippen LogP contribution in [-0.2, 0) is 14.8 Å². The van der Waals surface area contributed by atoms with Gasteiger partial charge in [0.2, 0.25) is 10.0 Å². The van der Waals surface area contributed by atoms with E-state index in [4.69, 9.17) is 5.11 Å². The summed E-state index contributed by atoms with van der Waals surface area (Å²) in [5.41, 5.74) is 0. The maximum atomic E-state index is 11.5. The molecule has 1 rings (SSSR count). The zero-order valence-electron chi connectivity index (χ0n) is 7.91. The summed E-state index contributed by atoms with van der Waals surface area (Å²) >= 11 is 0. The Labute approximate surface area is 87.0 Å². The van der Waals surface area contributed by atoms with Gasteiger partial charge < -0.3 is 5.11 Å². The topological polar surface area (TPSA) is 96.4 Å². The molecule has 6 nitrogen and oxygen atoms in total. The molecule has 0 aliphatic carbocycles. The average Bonchev–Trinajstić information content (AvgIpc) is 2.18. The molecular weight excluding hydrogens is 220 g/mol. The van der Waals surface area contributed by atoms with Gasteiger partial charge in [-0.3, -0.25) is 9.78 Å². The molecule has 0 saturated heterocycles. The first-order valence-corrected chi connectivity index (χ1v) is 5.57. The van der Waals surface area contributed by atoms with Crippen molar-refractivity contribution < 1.29 is 18.3 Å². The summed E-state index contributed by atoms with van der Waals surface area (Å²) in [5, 5.41) is 8.55. The number of rotatable bonds is 4. The summed E-state index contributed by atoms with van der Waals surface area (Å²) in [6.45, 7) is 1.25. The Morgan fingerprint density at radius 1 is 1.60 bits per heavy atom. The maximum absolute atomic E-state index is 11.5. The lowest BCUT2D eigenvalue weighted by atomic mass is 10.4. The molecular formula is C8H10N2O4S. The summed E-state index contributed by atoms with van der Waals surface area (Å²) in [4.78, 5) is 14.0. The molecule has 1 atom stereocenters. The predicted octanol–water partition coefficient (Wildman–Crippen LogP) is -0.167. The van der Waals surface area contributed by atoms with Gasteiger partial charge in [0.25, 0.3) is 0 Å². The zero-order chi connectivity index (χ0) is 11.5. The summed E-state index contributed by atoms with van der Waals surface area (Å²) in [6, 6.07) is 1.62. The number of nitrogens with zero attached hydrogens (tertiary/aromatic N) is 1. The van der Waals surface area contributed by atoms with E-state index in [1.54, 1.807) is 0 Å². The van der Waals surface area contributed by atoms with Gasteiger partial charge in [0, 0.05) is 12.4 Å². The van der Waals surface area contributed by atoms with E-state index in [0.717, 1.165) is 6.20 Å². The molecule has 1 heterocycles. The highest BCUT2D eigenvalue weighted by molar-refractivity contribution is 7.89. The molecule has 15 heavy (non-hydrogen) atoms. The van der Waals surface area contributed by atoms with E-state index in [9.17, 15) is 13.2 Å². The van der Waals surface area contributed by atoms with Gasteiger partial charge >= 0.3 is 5.97 Å². The number of aromatic nitrogens is 1. The lowest BCUT2D eigenvalue weighted by Gasteiger charge is -2.09. The molecule has 0 aliphatic rings. The van der Waals surface area contributed by atoms with Crippen molar-refractivity contribution in [2.24, 2.45) is 0 Å². The van der Waals surface area contributed by atoms with Crippen LogP contribution in [0.15, 0.2) is 29.4 Å². The highest BCUT2D eigenvalue weighted by atomic mass is 32.2. The van der Waals surface area contributed by atoms with Gasteiger partial charge in [-0.15, -0.1) is 0 Å². The smallest absolute Gasteiger partial charge is 0.321 e. The van der Waals surface area contributed by atoms with Crippen LogP contribution < -0.4 is 4.72 Å². The third-order valence-corrected chi connectivity index (χ3v) is 3.17. The first kappa shape index (κ1) is 11.6. The van der Waals surface area contributed by atoms with Crippen LogP contribution in [0.1, 0.15) is 6.92 Å². The van der Waals surface area contributed by atoms with Crippen LogP contribution in [0.2, 0.25) is 0 Å². The molecule has 0 aliphatic heterocycles. The fraction of sp³-hybridized carbons (Fsp3) is 0.250. The van der Waals surface area contributed by atoms with E-state index in [2.05, 4.69) is 4.98 Å². The first-order chi connectivity index (χ1) is 6.93. The molecule has 0 aromatic carbocycles. The van der Waals surface area contributed by atoms with Crippen molar-refractivity contribution in [2.45, 2.75) is 17.9 Å². The molecule has 0 spiro atoms. The molecule has 0 fully saturated rings. The Morgan fingerprint density at radius 3 is 2.73 bits per heavy atom. The van der Waals surface area contributed by atoms with Gasteiger partial charge in [-0.05, 0) is 19.1 Å².